The Hall–Kier alpha value is -0.620. The number of hydrogen-bond donors (Lipinski definition) is 1. The highest BCUT2D eigenvalue weighted by molar-refractivity contribution is 7.91. The summed E-state index contributed by atoms with van der Waals surface area (Å²) >= 11 is 0. The highest BCUT2D eigenvalue weighted by Crippen LogP contribution is 2.48. The van der Waals surface area contributed by atoms with Crippen molar-refractivity contribution in [3.63, 3.8) is 0 Å². The van der Waals surface area contributed by atoms with Crippen molar-refractivity contribution in [1.82, 2.24) is 4.90 Å². The van der Waals surface area contributed by atoms with E-state index >= 15 is 0 Å². The molecule has 108 valence electrons. The quantitative estimate of drug-likeness (QED) is 0.736. The zero-order chi connectivity index (χ0) is 13.8. The van der Waals surface area contributed by atoms with Gasteiger partial charge in [-0.2, -0.15) is 0 Å². The second-order valence-electron chi connectivity index (χ2n) is 6.43. The van der Waals surface area contributed by atoms with Crippen LogP contribution in [0, 0.1) is 17.8 Å². The van der Waals surface area contributed by atoms with Crippen LogP contribution in [0.15, 0.2) is 0 Å². The van der Waals surface area contributed by atoms with E-state index in [4.69, 9.17) is 5.73 Å². The predicted octanol–water partition coefficient (Wildman–Crippen LogP) is 0.00530. The molecule has 5 nitrogen and oxygen atoms in total. The van der Waals surface area contributed by atoms with Gasteiger partial charge in [-0.25, -0.2) is 8.42 Å². The van der Waals surface area contributed by atoms with E-state index in [-0.39, 0.29) is 35.4 Å². The molecule has 0 spiro atoms. The minimum absolute atomic E-state index is 0.0167. The van der Waals surface area contributed by atoms with Gasteiger partial charge in [0.15, 0.2) is 9.84 Å². The Balaban J connectivity index is 1.74. The maximum atomic E-state index is 12.7. The second-order valence-corrected chi connectivity index (χ2v) is 8.66. The van der Waals surface area contributed by atoms with E-state index in [1.165, 1.54) is 0 Å². The van der Waals surface area contributed by atoms with Crippen LogP contribution in [-0.4, -0.2) is 49.4 Å². The summed E-state index contributed by atoms with van der Waals surface area (Å²) in [6, 6.07) is -0.227. The lowest BCUT2D eigenvalue weighted by Gasteiger charge is -2.38. The third kappa shape index (κ3) is 2.18. The molecule has 2 N–H and O–H groups in total. The molecule has 0 aromatic carbocycles. The topological polar surface area (TPSA) is 80.5 Å². The minimum Gasteiger partial charge on any atom is -0.338 e. The number of nitrogens with two attached hydrogens (primary N) is 1. The lowest BCUT2D eigenvalue weighted by molar-refractivity contribution is -0.139. The van der Waals surface area contributed by atoms with Crippen LogP contribution in [0.25, 0.3) is 0 Å². The van der Waals surface area contributed by atoms with Gasteiger partial charge in [0.25, 0.3) is 0 Å². The molecule has 0 radical (unpaired) electrons. The van der Waals surface area contributed by atoms with Gasteiger partial charge < -0.3 is 10.6 Å². The van der Waals surface area contributed by atoms with Crippen LogP contribution < -0.4 is 5.73 Å². The fraction of sp³-hybridized carbons (Fsp3) is 0.923. The number of fused-ring (bicyclic) bond motifs is 2. The van der Waals surface area contributed by atoms with Gasteiger partial charge in [0.2, 0.25) is 5.91 Å². The van der Waals surface area contributed by atoms with E-state index in [0.717, 1.165) is 19.3 Å². The van der Waals surface area contributed by atoms with Gasteiger partial charge >= 0.3 is 0 Å². The number of rotatable bonds is 1. The smallest absolute Gasteiger partial charge is 0.227 e. The number of nitrogens with zero attached hydrogens (tertiary/aromatic N) is 1. The van der Waals surface area contributed by atoms with Crippen molar-refractivity contribution in [3.8, 4) is 0 Å². The number of sulfone groups is 1. The molecule has 3 aliphatic rings. The molecular weight excluding hydrogens is 264 g/mol. The van der Waals surface area contributed by atoms with Crippen LogP contribution in [0.5, 0.6) is 0 Å². The molecule has 3 fully saturated rings. The van der Waals surface area contributed by atoms with Crippen molar-refractivity contribution in [2.45, 2.75) is 38.3 Å². The van der Waals surface area contributed by atoms with Crippen molar-refractivity contribution >= 4 is 15.7 Å². The molecule has 0 aromatic rings. The summed E-state index contributed by atoms with van der Waals surface area (Å²) in [5.74, 6) is 1.15. The number of hydrogen-bond acceptors (Lipinski definition) is 4. The molecule has 1 heterocycles. The Morgan fingerprint density at radius 2 is 1.95 bits per heavy atom. The van der Waals surface area contributed by atoms with Gasteiger partial charge in [-0.15, -0.1) is 0 Å². The average Bonchev–Trinajstić information content (AvgIpc) is 2.87. The van der Waals surface area contributed by atoms with E-state index < -0.39 is 9.84 Å². The van der Waals surface area contributed by atoms with Gasteiger partial charge in [0.05, 0.1) is 17.4 Å². The fourth-order valence-electron chi connectivity index (χ4n) is 4.22. The first-order chi connectivity index (χ1) is 8.89. The van der Waals surface area contributed by atoms with Crippen LogP contribution in [0.2, 0.25) is 0 Å². The van der Waals surface area contributed by atoms with Crippen molar-refractivity contribution in [2.24, 2.45) is 23.5 Å². The molecule has 0 aromatic heterocycles. The van der Waals surface area contributed by atoms with Gasteiger partial charge in [-0.3, -0.25) is 4.79 Å². The van der Waals surface area contributed by atoms with Crippen LogP contribution in [0.1, 0.15) is 26.2 Å². The third-order valence-electron chi connectivity index (χ3n) is 5.22. The normalized spacial score (nSPS) is 44.5. The van der Waals surface area contributed by atoms with Crippen molar-refractivity contribution in [1.29, 1.82) is 0 Å². The monoisotopic (exact) mass is 286 g/mol. The summed E-state index contributed by atoms with van der Waals surface area (Å²) in [5.41, 5.74) is 6.20. The van der Waals surface area contributed by atoms with E-state index in [1.54, 1.807) is 4.90 Å². The molecule has 2 bridgehead atoms. The number of carbonyl (C=O) groups excluding carboxylic acids is 1. The maximum absolute atomic E-state index is 12.7. The standard InChI is InChI=1S/C13H22N2O3S/c1-8-7-19(17,18)5-4-15(8)13(16)11-9-2-3-10(6-9)12(11)14/h8-12H,2-7,14H2,1H3. The Bertz CT molecular complexity index is 488. The molecule has 1 saturated heterocycles. The van der Waals surface area contributed by atoms with E-state index in [9.17, 15) is 13.2 Å². The highest BCUT2D eigenvalue weighted by atomic mass is 32.2. The van der Waals surface area contributed by atoms with Crippen molar-refractivity contribution in [3.05, 3.63) is 0 Å². The summed E-state index contributed by atoms with van der Waals surface area (Å²) in [4.78, 5) is 14.4. The first-order valence-electron chi connectivity index (χ1n) is 7.15. The second kappa shape index (κ2) is 4.45. The summed E-state index contributed by atoms with van der Waals surface area (Å²) < 4.78 is 23.2. The van der Waals surface area contributed by atoms with Gasteiger partial charge in [-0.1, -0.05) is 0 Å². The molecule has 1 aliphatic heterocycles. The van der Waals surface area contributed by atoms with Crippen LogP contribution in [0.4, 0.5) is 0 Å². The Labute approximate surface area is 114 Å². The molecular formula is C13H22N2O3S. The third-order valence-corrected chi connectivity index (χ3v) is 7.01. The summed E-state index contributed by atoms with van der Waals surface area (Å²) in [6.45, 7) is 2.16. The molecule has 3 rings (SSSR count). The lowest BCUT2D eigenvalue weighted by Crippen LogP contribution is -2.55. The Morgan fingerprint density at radius 1 is 1.26 bits per heavy atom. The Morgan fingerprint density at radius 3 is 2.53 bits per heavy atom. The summed E-state index contributed by atoms with van der Waals surface area (Å²) in [7, 11) is -2.97. The molecule has 2 saturated carbocycles. The first kappa shape index (κ1) is 13.4. The Kier molecular flexibility index (Phi) is 3.13. The molecule has 1 amide bonds. The van der Waals surface area contributed by atoms with E-state index in [1.807, 2.05) is 6.92 Å². The zero-order valence-corrected chi connectivity index (χ0v) is 12.1. The molecule has 5 unspecified atom stereocenters. The van der Waals surface area contributed by atoms with Gasteiger partial charge in [0.1, 0.15) is 0 Å². The zero-order valence-electron chi connectivity index (χ0n) is 11.3. The van der Waals surface area contributed by atoms with Gasteiger partial charge in [0, 0.05) is 18.6 Å². The number of amides is 1. The largest absolute Gasteiger partial charge is 0.338 e. The van der Waals surface area contributed by atoms with E-state index in [0.29, 0.717) is 18.4 Å². The molecule has 6 heteroatoms. The summed E-state index contributed by atoms with van der Waals surface area (Å²) in [6.07, 6.45) is 3.34. The molecule has 5 atom stereocenters. The first-order valence-corrected chi connectivity index (χ1v) is 8.97. The predicted molar refractivity (Wildman–Crippen MR) is 72.1 cm³/mol. The SMILES string of the molecule is CC1CS(=O)(=O)CCN1C(=O)C1C2CCC(C2)C1N. The van der Waals surface area contributed by atoms with Crippen molar-refractivity contribution < 1.29 is 13.2 Å². The van der Waals surface area contributed by atoms with Crippen molar-refractivity contribution in [2.75, 3.05) is 18.1 Å². The lowest BCUT2D eigenvalue weighted by atomic mass is 9.83. The highest BCUT2D eigenvalue weighted by Gasteiger charge is 2.51. The number of carbonyl (C=O) groups is 1. The minimum atomic E-state index is -2.97. The van der Waals surface area contributed by atoms with Crippen LogP contribution >= 0.6 is 0 Å². The van der Waals surface area contributed by atoms with Gasteiger partial charge in [-0.05, 0) is 38.0 Å². The van der Waals surface area contributed by atoms with Crippen LogP contribution in [-0.2, 0) is 14.6 Å². The fourth-order valence-corrected chi connectivity index (χ4v) is 5.78. The summed E-state index contributed by atoms with van der Waals surface area (Å²) in [5, 5.41) is 0. The molecule has 19 heavy (non-hydrogen) atoms. The molecule has 2 aliphatic carbocycles. The maximum Gasteiger partial charge on any atom is 0.227 e. The average molecular weight is 286 g/mol. The van der Waals surface area contributed by atoms with Crippen LogP contribution in [0.3, 0.4) is 0 Å². The van der Waals surface area contributed by atoms with E-state index in [2.05, 4.69) is 0 Å².